The summed E-state index contributed by atoms with van der Waals surface area (Å²) in [6.07, 6.45) is 4.42. The fourth-order valence-corrected chi connectivity index (χ4v) is 5.91. The van der Waals surface area contributed by atoms with Crippen LogP contribution in [0.4, 0.5) is 10.5 Å². The first-order chi connectivity index (χ1) is 16.2. The minimum atomic E-state index is -0.354. The predicted molar refractivity (Wildman–Crippen MR) is 132 cm³/mol. The fourth-order valence-electron chi connectivity index (χ4n) is 4.78. The van der Waals surface area contributed by atoms with E-state index in [0.29, 0.717) is 31.1 Å². The average Bonchev–Trinajstić information content (AvgIpc) is 3.52. The Morgan fingerprint density at radius 3 is 2.79 bits per heavy atom. The predicted octanol–water partition coefficient (Wildman–Crippen LogP) is 3.51. The Kier molecular flexibility index (Phi) is 7.14. The molecular weight excluding hydrogens is 476 g/mol. The van der Waals surface area contributed by atoms with E-state index in [0.717, 1.165) is 40.4 Å². The van der Waals surface area contributed by atoms with Crippen molar-refractivity contribution in [2.24, 2.45) is 0 Å². The molecule has 1 aromatic carbocycles. The molecule has 1 aromatic heterocycles. The minimum absolute atomic E-state index is 0.0272. The van der Waals surface area contributed by atoms with E-state index in [4.69, 9.17) is 16.3 Å². The van der Waals surface area contributed by atoms with E-state index >= 15 is 0 Å². The number of rotatable bonds is 6. The SMILES string of the molecule is COC(=O)N1CCC2(C1)CN(C(=O)Cc1ncc(CCCC(=O)N(C)C)s1)c1ccc(Cl)cc12. The highest BCUT2D eigenvalue weighted by Gasteiger charge is 2.50. The van der Waals surface area contributed by atoms with Gasteiger partial charge in [0.05, 0.1) is 13.5 Å². The van der Waals surface area contributed by atoms with Gasteiger partial charge in [-0.3, -0.25) is 9.59 Å². The molecule has 2 aliphatic rings. The number of ether oxygens (including phenoxy) is 1. The number of aryl methyl sites for hydroxylation is 1. The number of amides is 3. The molecule has 182 valence electrons. The van der Waals surface area contributed by atoms with Gasteiger partial charge in [-0.15, -0.1) is 11.3 Å². The number of carbonyl (C=O) groups excluding carboxylic acids is 3. The highest BCUT2D eigenvalue weighted by Crippen LogP contribution is 2.47. The average molecular weight is 505 g/mol. The molecule has 8 nitrogen and oxygen atoms in total. The lowest BCUT2D eigenvalue weighted by Crippen LogP contribution is -2.40. The van der Waals surface area contributed by atoms with Crippen LogP contribution in [0.5, 0.6) is 0 Å². The van der Waals surface area contributed by atoms with Gasteiger partial charge in [0.25, 0.3) is 0 Å². The van der Waals surface area contributed by atoms with E-state index in [-0.39, 0.29) is 29.7 Å². The van der Waals surface area contributed by atoms with Crippen LogP contribution in [0.1, 0.15) is 34.7 Å². The van der Waals surface area contributed by atoms with Gasteiger partial charge in [-0.25, -0.2) is 9.78 Å². The van der Waals surface area contributed by atoms with Crippen molar-refractivity contribution in [3.8, 4) is 0 Å². The Bertz CT molecular complexity index is 1100. The third-order valence-electron chi connectivity index (χ3n) is 6.59. The summed E-state index contributed by atoms with van der Waals surface area (Å²) in [6, 6.07) is 5.60. The van der Waals surface area contributed by atoms with E-state index in [9.17, 15) is 14.4 Å². The Morgan fingerprint density at radius 1 is 1.26 bits per heavy atom. The van der Waals surface area contributed by atoms with E-state index < -0.39 is 0 Å². The van der Waals surface area contributed by atoms with Crippen molar-refractivity contribution in [3.05, 3.63) is 44.9 Å². The van der Waals surface area contributed by atoms with Crippen LogP contribution in [-0.2, 0) is 32.6 Å². The quantitative estimate of drug-likeness (QED) is 0.601. The third kappa shape index (κ3) is 4.90. The molecule has 3 heterocycles. The zero-order chi connectivity index (χ0) is 24.5. The number of hydrogen-bond donors (Lipinski definition) is 0. The van der Waals surface area contributed by atoms with Gasteiger partial charge in [0.2, 0.25) is 11.8 Å². The summed E-state index contributed by atoms with van der Waals surface area (Å²) in [4.78, 5) is 47.8. The van der Waals surface area contributed by atoms with Crippen molar-refractivity contribution >= 4 is 46.5 Å². The second-order valence-electron chi connectivity index (χ2n) is 9.10. The van der Waals surface area contributed by atoms with E-state index in [1.54, 1.807) is 36.2 Å². The number of likely N-dealkylation sites (tertiary alicyclic amines) is 1. The molecule has 1 spiro atoms. The maximum Gasteiger partial charge on any atom is 0.409 e. The Labute approximate surface area is 208 Å². The van der Waals surface area contributed by atoms with Crippen LogP contribution in [0.25, 0.3) is 0 Å². The number of anilines is 1. The molecule has 0 bridgehead atoms. The summed E-state index contributed by atoms with van der Waals surface area (Å²) in [5.74, 6) is 0.0833. The summed E-state index contributed by atoms with van der Waals surface area (Å²) in [6.45, 7) is 1.57. The number of fused-ring (bicyclic) bond motifs is 2. The molecule has 10 heteroatoms. The first kappa shape index (κ1) is 24.5. The van der Waals surface area contributed by atoms with Crippen molar-refractivity contribution < 1.29 is 19.1 Å². The summed E-state index contributed by atoms with van der Waals surface area (Å²) in [5, 5.41) is 1.37. The molecule has 1 fully saturated rings. The standard InChI is InChI=1S/C24H29ClN4O4S/c1-27(2)21(30)6-4-5-17-13-26-20(34-17)12-22(31)29-15-24(9-10-28(14-24)23(32)33-3)18-11-16(25)7-8-19(18)29/h7-8,11,13H,4-6,9-10,12,14-15H2,1-3H3. The molecule has 4 rings (SSSR count). The van der Waals surface area contributed by atoms with Crippen LogP contribution in [0.3, 0.4) is 0 Å². The Hall–Kier alpha value is -2.65. The lowest BCUT2D eigenvalue weighted by atomic mass is 9.81. The van der Waals surface area contributed by atoms with Gasteiger partial charge in [0, 0.05) is 67.3 Å². The Balaban J connectivity index is 1.45. The summed E-state index contributed by atoms with van der Waals surface area (Å²) >= 11 is 7.83. The zero-order valence-corrected chi connectivity index (χ0v) is 21.2. The number of nitrogens with zero attached hydrogens (tertiary/aromatic N) is 4. The maximum absolute atomic E-state index is 13.4. The summed E-state index contributed by atoms with van der Waals surface area (Å²) in [7, 11) is 4.89. The van der Waals surface area contributed by atoms with Crippen LogP contribution >= 0.6 is 22.9 Å². The molecular formula is C24H29ClN4O4S. The van der Waals surface area contributed by atoms with Gasteiger partial charge < -0.3 is 19.4 Å². The molecule has 2 aliphatic heterocycles. The molecule has 0 N–H and O–H groups in total. The topological polar surface area (TPSA) is 83.0 Å². The van der Waals surface area contributed by atoms with Gasteiger partial charge in [-0.05, 0) is 43.0 Å². The Morgan fingerprint density at radius 2 is 2.06 bits per heavy atom. The highest BCUT2D eigenvalue weighted by atomic mass is 35.5. The molecule has 0 saturated carbocycles. The molecule has 1 saturated heterocycles. The van der Waals surface area contributed by atoms with Crippen molar-refractivity contribution in [2.75, 3.05) is 45.7 Å². The third-order valence-corrected chi connectivity index (χ3v) is 7.88. The normalized spacial score (nSPS) is 18.9. The number of thiazole rings is 1. The lowest BCUT2D eigenvalue weighted by Gasteiger charge is -2.25. The lowest BCUT2D eigenvalue weighted by molar-refractivity contribution is -0.128. The molecule has 1 atom stereocenters. The number of aromatic nitrogens is 1. The number of hydrogen-bond acceptors (Lipinski definition) is 6. The minimum Gasteiger partial charge on any atom is -0.453 e. The van der Waals surface area contributed by atoms with Crippen molar-refractivity contribution in [2.45, 2.75) is 37.5 Å². The van der Waals surface area contributed by atoms with Crippen molar-refractivity contribution in [3.63, 3.8) is 0 Å². The maximum atomic E-state index is 13.4. The van der Waals surface area contributed by atoms with E-state index in [1.165, 1.54) is 18.4 Å². The largest absolute Gasteiger partial charge is 0.453 e. The van der Waals surface area contributed by atoms with E-state index in [1.807, 2.05) is 17.0 Å². The molecule has 0 radical (unpaired) electrons. The number of carbonyl (C=O) groups is 3. The van der Waals surface area contributed by atoms with Gasteiger partial charge in [-0.2, -0.15) is 0 Å². The highest BCUT2D eigenvalue weighted by molar-refractivity contribution is 7.11. The van der Waals surface area contributed by atoms with Crippen molar-refractivity contribution in [1.82, 2.24) is 14.8 Å². The molecule has 2 aromatic rings. The molecule has 1 unspecified atom stereocenters. The summed E-state index contributed by atoms with van der Waals surface area (Å²) in [5.41, 5.74) is 1.50. The second-order valence-corrected chi connectivity index (χ2v) is 10.7. The van der Waals surface area contributed by atoms with Gasteiger partial charge >= 0.3 is 6.09 Å². The van der Waals surface area contributed by atoms with Crippen LogP contribution in [-0.4, -0.2) is 73.5 Å². The van der Waals surface area contributed by atoms with Crippen LogP contribution < -0.4 is 4.90 Å². The van der Waals surface area contributed by atoms with E-state index in [2.05, 4.69) is 4.98 Å². The monoisotopic (exact) mass is 504 g/mol. The molecule has 0 aliphatic carbocycles. The van der Waals surface area contributed by atoms with Crippen molar-refractivity contribution in [1.29, 1.82) is 0 Å². The second kappa shape index (κ2) is 9.92. The first-order valence-corrected chi connectivity index (χ1v) is 12.5. The number of methoxy groups -OCH3 is 1. The van der Waals surface area contributed by atoms with Crippen LogP contribution in [0, 0.1) is 0 Å². The van der Waals surface area contributed by atoms with Gasteiger partial charge in [0.15, 0.2) is 0 Å². The number of benzene rings is 1. The van der Waals surface area contributed by atoms with Gasteiger partial charge in [0.1, 0.15) is 5.01 Å². The zero-order valence-electron chi connectivity index (χ0n) is 19.7. The first-order valence-electron chi connectivity index (χ1n) is 11.3. The van der Waals surface area contributed by atoms with Crippen LogP contribution in [0.15, 0.2) is 24.4 Å². The number of halogens is 1. The van der Waals surface area contributed by atoms with Gasteiger partial charge in [-0.1, -0.05) is 11.6 Å². The van der Waals surface area contributed by atoms with Crippen LogP contribution in [0.2, 0.25) is 5.02 Å². The molecule has 3 amide bonds. The molecule has 34 heavy (non-hydrogen) atoms. The summed E-state index contributed by atoms with van der Waals surface area (Å²) < 4.78 is 4.91. The smallest absolute Gasteiger partial charge is 0.409 e. The fraction of sp³-hybridized carbons (Fsp3) is 0.500.